The number of rotatable bonds is 6. The first kappa shape index (κ1) is 20.2. The third-order valence-electron chi connectivity index (χ3n) is 5.13. The summed E-state index contributed by atoms with van der Waals surface area (Å²) in [6.45, 7) is 3.44. The van der Waals surface area contributed by atoms with Crippen molar-refractivity contribution in [2.45, 2.75) is 19.8 Å². The van der Waals surface area contributed by atoms with E-state index in [1.165, 1.54) is 11.3 Å². The molecule has 1 fully saturated rings. The molecule has 0 radical (unpaired) electrons. The van der Waals surface area contributed by atoms with Crippen LogP contribution in [0.1, 0.15) is 19.8 Å². The zero-order valence-electron chi connectivity index (χ0n) is 16.7. The summed E-state index contributed by atoms with van der Waals surface area (Å²) in [6.07, 6.45) is 4.72. The predicted molar refractivity (Wildman–Crippen MR) is 116 cm³/mol. The molecule has 3 heterocycles. The number of ether oxygens (including phenoxy) is 1. The van der Waals surface area contributed by atoms with Gasteiger partial charge in [-0.1, -0.05) is 23.5 Å². The SMILES string of the molecule is CCN(C(=O)COC(=O)C1CCN(c2ncccn2)CC1)c1nc2ccccc2s1. The van der Waals surface area contributed by atoms with Crippen LogP contribution in [0.15, 0.2) is 42.7 Å². The van der Waals surface area contributed by atoms with E-state index in [9.17, 15) is 9.59 Å². The fraction of sp³-hybridized carbons (Fsp3) is 0.381. The van der Waals surface area contributed by atoms with Gasteiger partial charge >= 0.3 is 5.97 Å². The Morgan fingerprint density at radius 3 is 2.60 bits per heavy atom. The topological polar surface area (TPSA) is 88.5 Å². The van der Waals surface area contributed by atoms with Crippen molar-refractivity contribution in [3.05, 3.63) is 42.7 Å². The van der Waals surface area contributed by atoms with Crippen molar-refractivity contribution in [1.29, 1.82) is 0 Å². The molecular formula is C21H23N5O3S. The van der Waals surface area contributed by atoms with Gasteiger partial charge in [0.2, 0.25) is 5.95 Å². The Labute approximate surface area is 178 Å². The number of hydrogen-bond acceptors (Lipinski definition) is 8. The predicted octanol–water partition coefficient (Wildman–Crippen LogP) is 2.90. The van der Waals surface area contributed by atoms with Crippen LogP contribution in [0.5, 0.6) is 0 Å². The molecule has 8 nitrogen and oxygen atoms in total. The number of para-hydroxylation sites is 1. The van der Waals surface area contributed by atoms with Gasteiger partial charge in [0.15, 0.2) is 11.7 Å². The lowest BCUT2D eigenvalue weighted by Gasteiger charge is -2.30. The Morgan fingerprint density at radius 2 is 1.90 bits per heavy atom. The number of thiazole rings is 1. The second kappa shape index (κ2) is 9.17. The summed E-state index contributed by atoms with van der Waals surface area (Å²) in [4.78, 5) is 41.8. The molecule has 3 aromatic rings. The highest BCUT2D eigenvalue weighted by Crippen LogP contribution is 2.28. The number of esters is 1. The molecule has 4 rings (SSSR count). The Hall–Kier alpha value is -3.07. The van der Waals surface area contributed by atoms with Gasteiger partial charge in [-0.2, -0.15) is 0 Å². The quantitative estimate of drug-likeness (QED) is 0.561. The fourth-order valence-electron chi connectivity index (χ4n) is 3.49. The van der Waals surface area contributed by atoms with Gasteiger partial charge in [0.05, 0.1) is 16.1 Å². The minimum atomic E-state index is -0.322. The monoisotopic (exact) mass is 425 g/mol. The van der Waals surface area contributed by atoms with E-state index in [0.29, 0.717) is 43.6 Å². The number of amides is 1. The maximum absolute atomic E-state index is 12.7. The molecule has 0 bridgehead atoms. The second-order valence-corrected chi connectivity index (χ2v) is 8.03. The summed E-state index contributed by atoms with van der Waals surface area (Å²) in [5.41, 5.74) is 0.856. The van der Waals surface area contributed by atoms with Crippen LogP contribution in [0, 0.1) is 5.92 Å². The first-order chi connectivity index (χ1) is 14.7. The second-order valence-electron chi connectivity index (χ2n) is 7.02. The summed E-state index contributed by atoms with van der Waals surface area (Å²) in [5.74, 6) is -0.124. The molecule has 0 spiro atoms. The lowest BCUT2D eigenvalue weighted by Crippen LogP contribution is -2.39. The zero-order chi connectivity index (χ0) is 20.9. The van der Waals surface area contributed by atoms with Gasteiger partial charge in [-0.15, -0.1) is 0 Å². The van der Waals surface area contributed by atoms with Crippen LogP contribution in [-0.4, -0.2) is 53.1 Å². The van der Waals surface area contributed by atoms with Gasteiger partial charge in [-0.05, 0) is 38.0 Å². The minimum absolute atomic E-state index is 0.213. The normalized spacial score (nSPS) is 14.6. The maximum atomic E-state index is 12.7. The summed E-state index contributed by atoms with van der Waals surface area (Å²) in [6, 6.07) is 9.53. The van der Waals surface area contributed by atoms with Crippen LogP contribution in [-0.2, 0) is 14.3 Å². The van der Waals surface area contributed by atoms with Crippen LogP contribution in [0.4, 0.5) is 11.1 Å². The van der Waals surface area contributed by atoms with Crippen molar-refractivity contribution < 1.29 is 14.3 Å². The van der Waals surface area contributed by atoms with E-state index in [-0.39, 0.29) is 24.4 Å². The van der Waals surface area contributed by atoms with Crippen molar-refractivity contribution >= 4 is 44.5 Å². The summed E-state index contributed by atoms with van der Waals surface area (Å²) < 4.78 is 6.38. The van der Waals surface area contributed by atoms with Gasteiger partial charge in [0, 0.05) is 32.0 Å². The van der Waals surface area contributed by atoms with Gasteiger partial charge in [-0.25, -0.2) is 15.0 Å². The molecule has 0 saturated carbocycles. The van der Waals surface area contributed by atoms with Crippen LogP contribution < -0.4 is 9.80 Å². The molecule has 0 N–H and O–H groups in total. The van der Waals surface area contributed by atoms with Crippen LogP contribution in [0.2, 0.25) is 0 Å². The Balaban J connectivity index is 1.30. The van der Waals surface area contributed by atoms with Crippen molar-refractivity contribution in [2.75, 3.05) is 36.0 Å². The molecule has 1 saturated heterocycles. The van der Waals surface area contributed by atoms with E-state index < -0.39 is 0 Å². The highest BCUT2D eigenvalue weighted by Gasteiger charge is 2.28. The van der Waals surface area contributed by atoms with E-state index >= 15 is 0 Å². The van der Waals surface area contributed by atoms with Crippen molar-refractivity contribution in [1.82, 2.24) is 15.0 Å². The lowest BCUT2D eigenvalue weighted by molar-refractivity contribution is -0.152. The highest BCUT2D eigenvalue weighted by atomic mass is 32.1. The zero-order valence-corrected chi connectivity index (χ0v) is 17.5. The summed E-state index contributed by atoms with van der Waals surface area (Å²) >= 11 is 1.45. The molecule has 0 aliphatic carbocycles. The minimum Gasteiger partial charge on any atom is -0.455 e. The number of anilines is 2. The van der Waals surface area contributed by atoms with Crippen LogP contribution in [0.25, 0.3) is 10.2 Å². The number of piperidine rings is 1. The van der Waals surface area contributed by atoms with Crippen LogP contribution >= 0.6 is 11.3 Å². The molecule has 30 heavy (non-hydrogen) atoms. The fourth-order valence-corrected chi connectivity index (χ4v) is 4.54. The molecule has 1 amide bonds. The average molecular weight is 426 g/mol. The number of nitrogens with zero attached hydrogens (tertiary/aromatic N) is 5. The number of benzene rings is 1. The standard InChI is InChI=1S/C21H23N5O3S/c1-2-26(21-24-16-6-3-4-7-17(16)30-21)18(27)14-29-19(28)15-8-12-25(13-9-15)20-22-10-5-11-23-20/h3-7,10-11,15H,2,8-9,12-14H2,1H3. The van der Waals surface area contributed by atoms with Gasteiger partial charge in [-0.3, -0.25) is 14.5 Å². The van der Waals surface area contributed by atoms with Gasteiger partial charge < -0.3 is 9.64 Å². The van der Waals surface area contributed by atoms with E-state index in [1.807, 2.05) is 31.2 Å². The first-order valence-corrected chi connectivity index (χ1v) is 10.8. The lowest BCUT2D eigenvalue weighted by atomic mass is 9.97. The Morgan fingerprint density at radius 1 is 1.17 bits per heavy atom. The molecule has 1 aromatic carbocycles. The largest absolute Gasteiger partial charge is 0.455 e. The number of aromatic nitrogens is 3. The Kier molecular flexibility index (Phi) is 6.18. The van der Waals surface area contributed by atoms with E-state index in [2.05, 4.69) is 19.9 Å². The molecule has 1 aliphatic heterocycles. The molecule has 9 heteroatoms. The van der Waals surface area contributed by atoms with E-state index in [1.54, 1.807) is 23.4 Å². The average Bonchev–Trinajstić information content (AvgIpc) is 3.22. The molecule has 0 unspecified atom stereocenters. The maximum Gasteiger partial charge on any atom is 0.309 e. The van der Waals surface area contributed by atoms with E-state index in [0.717, 1.165) is 10.2 Å². The number of carbonyl (C=O) groups is 2. The van der Waals surface area contributed by atoms with Gasteiger partial charge in [0.1, 0.15) is 0 Å². The van der Waals surface area contributed by atoms with Crippen molar-refractivity contribution in [3.63, 3.8) is 0 Å². The molecule has 2 aromatic heterocycles. The molecule has 0 atom stereocenters. The summed E-state index contributed by atoms with van der Waals surface area (Å²) in [7, 11) is 0. The van der Waals surface area contributed by atoms with Crippen molar-refractivity contribution in [2.24, 2.45) is 5.92 Å². The van der Waals surface area contributed by atoms with Crippen molar-refractivity contribution in [3.8, 4) is 0 Å². The van der Waals surface area contributed by atoms with E-state index in [4.69, 9.17) is 4.74 Å². The highest BCUT2D eigenvalue weighted by molar-refractivity contribution is 7.22. The molecular weight excluding hydrogens is 402 g/mol. The van der Waals surface area contributed by atoms with Crippen LogP contribution in [0.3, 0.4) is 0 Å². The van der Waals surface area contributed by atoms with Gasteiger partial charge in [0.25, 0.3) is 5.91 Å². The number of fused-ring (bicyclic) bond motifs is 1. The third-order valence-corrected chi connectivity index (χ3v) is 6.19. The number of carbonyl (C=O) groups excluding carboxylic acids is 2. The first-order valence-electron chi connectivity index (χ1n) is 10.00. The Bertz CT molecular complexity index is 985. The number of hydrogen-bond donors (Lipinski definition) is 0. The molecule has 1 aliphatic rings. The third kappa shape index (κ3) is 4.40. The summed E-state index contributed by atoms with van der Waals surface area (Å²) in [5, 5.41) is 0.621. The molecule has 156 valence electrons. The smallest absolute Gasteiger partial charge is 0.309 e. The number of likely N-dealkylation sites (N-methyl/N-ethyl adjacent to an activating group) is 1.